The molecule has 3 rings (SSSR count). The fourth-order valence-corrected chi connectivity index (χ4v) is 8.16. The van der Waals surface area contributed by atoms with Gasteiger partial charge in [0.05, 0.1) is 5.75 Å². The van der Waals surface area contributed by atoms with Gasteiger partial charge in [-0.05, 0) is 12.8 Å². The van der Waals surface area contributed by atoms with E-state index >= 15 is 0 Å². The highest BCUT2D eigenvalue weighted by Gasteiger charge is 2.38. The van der Waals surface area contributed by atoms with Crippen molar-refractivity contribution in [1.82, 2.24) is 14.5 Å². The van der Waals surface area contributed by atoms with Crippen molar-refractivity contribution < 1.29 is 8.42 Å². The number of hydrogen-bond acceptors (Lipinski definition) is 5. The highest BCUT2D eigenvalue weighted by atomic mass is 127. The number of hydrogen-bond donors (Lipinski definition) is 1. The molecule has 0 aromatic heterocycles. The van der Waals surface area contributed by atoms with Crippen molar-refractivity contribution in [1.29, 1.82) is 0 Å². The van der Waals surface area contributed by atoms with Crippen molar-refractivity contribution in [3.05, 3.63) is 0 Å². The lowest BCUT2D eigenvalue weighted by molar-refractivity contribution is 0.293. The molecular formula is C17H33IN4O2S3. The van der Waals surface area contributed by atoms with E-state index in [-0.39, 0.29) is 29.7 Å². The molecule has 1 N–H and O–H groups in total. The third kappa shape index (κ3) is 6.55. The molecule has 10 heteroatoms. The molecule has 0 aromatic carbocycles. The molecule has 0 aromatic rings. The fraction of sp³-hybridized carbons (Fsp3) is 0.941. The first-order chi connectivity index (χ1) is 12.5. The third-order valence-electron chi connectivity index (χ3n) is 5.53. The lowest BCUT2D eigenvalue weighted by Crippen LogP contribution is -2.54. The average Bonchev–Trinajstić information content (AvgIpc) is 2.66. The molecule has 27 heavy (non-hydrogen) atoms. The van der Waals surface area contributed by atoms with Crippen LogP contribution >= 0.6 is 47.5 Å². The zero-order valence-corrected chi connectivity index (χ0v) is 21.0. The lowest BCUT2D eigenvalue weighted by atomic mass is 9.87. The Bertz CT molecular complexity index is 585. The predicted octanol–water partition coefficient (Wildman–Crippen LogP) is 2.31. The molecule has 1 aliphatic carbocycles. The van der Waals surface area contributed by atoms with Crippen LogP contribution in [0, 0.1) is 0 Å². The van der Waals surface area contributed by atoms with Gasteiger partial charge >= 0.3 is 0 Å². The van der Waals surface area contributed by atoms with Crippen LogP contribution in [0.1, 0.15) is 32.1 Å². The minimum Gasteiger partial charge on any atom is -0.355 e. The van der Waals surface area contributed by atoms with Gasteiger partial charge in [0.25, 0.3) is 0 Å². The normalized spacial score (nSPS) is 24.5. The molecule has 0 bridgehead atoms. The molecule has 1 spiro atoms. The maximum atomic E-state index is 12.5. The van der Waals surface area contributed by atoms with Crippen LogP contribution in [0.15, 0.2) is 4.99 Å². The first-order valence-corrected chi connectivity index (χ1v) is 13.4. The molecule has 2 heterocycles. The summed E-state index contributed by atoms with van der Waals surface area (Å²) in [5.41, 5.74) is 0. The molecule has 1 saturated carbocycles. The van der Waals surface area contributed by atoms with Gasteiger partial charge in [-0.2, -0.15) is 23.5 Å². The Labute approximate surface area is 190 Å². The van der Waals surface area contributed by atoms with Crippen LogP contribution in [0.4, 0.5) is 0 Å². The molecule has 3 aliphatic rings. The zero-order valence-electron chi connectivity index (χ0n) is 16.2. The van der Waals surface area contributed by atoms with Crippen molar-refractivity contribution >= 4 is 63.5 Å². The summed E-state index contributed by atoms with van der Waals surface area (Å²) in [6, 6.07) is 0. The third-order valence-corrected chi connectivity index (χ3v) is 9.88. The van der Waals surface area contributed by atoms with Crippen LogP contribution in [-0.4, -0.2) is 91.1 Å². The molecule has 2 saturated heterocycles. The van der Waals surface area contributed by atoms with E-state index < -0.39 is 10.0 Å². The second kappa shape index (κ2) is 11.1. The molecule has 158 valence electrons. The van der Waals surface area contributed by atoms with Crippen molar-refractivity contribution in [3.8, 4) is 0 Å². The number of nitrogens with zero attached hydrogens (tertiary/aromatic N) is 3. The maximum Gasteiger partial charge on any atom is 0.215 e. The average molecular weight is 549 g/mol. The summed E-state index contributed by atoms with van der Waals surface area (Å²) in [5.74, 6) is 3.94. The molecular weight excluding hydrogens is 515 g/mol. The Kier molecular flexibility index (Phi) is 9.84. The summed E-state index contributed by atoms with van der Waals surface area (Å²) in [6.07, 6.45) is 6.62. The SMILES string of the molecule is CN=C(NCCS(=O)(=O)N1CCSCC1)N1CCSC2(CCCCC2)C1.I. The molecule has 6 nitrogen and oxygen atoms in total. The lowest BCUT2D eigenvalue weighted by Gasteiger charge is -2.45. The standard InChI is InChI=1S/C17H32N4O2S3.HI/c1-18-16(19-7-14-26(22,23)21-9-11-24-12-10-21)20-8-13-25-17(15-20)5-3-2-4-6-17;/h2-15H2,1H3,(H,18,19);1H. The van der Waals surface area contributed by atoms with Gasteiger partial charge in [-0.25, -0.2) is 12.7 Å². The molecule has 0 unspecified atom stereocenters. The van der Waals surface area contributed by atoms with E-state index in [4.69, 9.17) is 0 Å². The number of nitrogens with one attached hydrogen (secondary N) is 1. The molecule has 0 amide bonds. The van der Waals surface area contributed by atoms with E-state index in [0.717, 1.165) is 36.3 Å². The van der Waals surface area contributed by atoms with Gasteiger partial charge in [0.2, 0.25) is 10.0 Å². The summed E-state index contributed by atoms with van der Waals surface area (Å²) in [5, 5.41) is 3.31. The van der Waals surface area contributed by atoms with Crippen molar-refractivity contribution in [2.75, 3.05) is 62.8 Å². The van der Waals surface area contributed by atoms with E-state index in [0.29, 0.717) is 24.4 Å². The zero-order chi connectivity index (χ0) is 18.5. The van der Waals surface area contributed by atoms with Gasteiger partial charge in [-0.15, -0.1) is 24.0 Å². The summed E-state index contributed by atoms with van der Waals surface area (Å²) >= 11 is 3.96. The van der Waals surface area contributed by atoms with Crippen LogP contribution in [0.3, 0.4) is 0 Å². The largest absolute Gasteiger partial charge is 0.355 e. The van der Waals surface area contributed by atoms with E-state index in [1.807, 2.05) is 11.8 Å². The highest BCUT2D eigenvalue weighted by molar-refractivity contribution is 14.0. The Morgan fingerprint density at radius 3 is 2.48 bits per heavy atom. The summed E-state index contributed by atoms with van der Waals surface area (Å²) in [6.45, 7) is 3.74. The second-order valence-corrected chi connectivity index (χ2v) is 12.2. The van der Waals surface area contributed by atoms with Gasteiger partial charge in [-0.1, -0.05) is 19.3 Å². The van der Waals surface area contributed by atoms with Gasteiger partial charge in [-0.3, -0.25) is 4.99 Å². The van der Waals surface area contributed by atoms with E-state index in [1.54, 1.807) is 11.4 Å². The first-order valence-electron chi connectivity index (χ1n) is 9.70. The minimum absolute atomic E-state index is 0. The Hall–Kier alpha value is 0.610. The Morgan fingerprint density at radius 2 is 1.81 bits per heavy atom. The Balaban J connectivity index is 0.00000261. The molecule has 2 aliphatic heterocycles. The fourth-order valence-electron chi connectivity index (χ4n) is 4.10. The first kappa shape index (κ1) is 23.9. The minimum atomic E-state index is -3.17. The smallest absolute Gasteiger partial charge is 0.215 e. The van der Waals surface area contributed by atoms with Gasteiger partial charge in [0.1, 0.15) is 0 Å². The summed E-state index contributed by atoms with van der Waals surface area (Å²) < 4.78 is 27.0. The highest BCUT2D eigenvalue weighted by Crippen LogP contribution is 2.42. The van der Waals surface area contributed by atoms with Crippen LogP contribution in [0.25, 0.3) is 0 Å². The number of thioether (sulfide) groups is 2. The number of halogens is 1. The number of sulfonamides is 1. The number of guanidine groups is 1. The van der Waals surface area contributed by atoms with Crippen molar-refractivity contribution in [2.24, 2.45) is 4.99 Å². The van der Waals surface area contributed by atoms with Crippen LogP contribution in [0.2, 0.25) is 0 Å². The van der Waals surface area contributed by atoms with Crippen molar-refractivity contribution in [3.63, 3.8) is 0 Å². The van der Waals surface area contributed by atoms with Crippen LogP contribution in [0.5, 0.6) is 0 Å². The number of rotatable bonds is 4. The van der Waals surface area contributed by atoms with Crippen LogP contribution < -0.4 is 5.32 Å². The summed E-state index contributed by atoms with van der Waals surface area (Å²) in [7, 11) is -1.37. The Morgan fingerprint density at radius 1 is 1.11 bits per heavy atom. The molecule has 3 fully saturated rings. The monoisotopic (exact) mass is 548 g/mol. The van der Waals surface area contributed by atoms with E-state index in [9.17, 15) is 8.42 Å². The summed E-state index contributed by atoms with van der Waals surface area (Å²) in [4.78, 5) is 6.77. The van der Waals surface area contributed by atoms with Crippen molar-refractivity contribution in [2.45, 2.75) is 36.9 Å². The van der Waals surface area contributed by atoms with Gasteiger partial charge < -0.3 is 10.2 Å². The number of aliphatic imine (C=N–C) groups is 1. The maximum absolute atomic E-state index is 12.5. The topological polar surface area (TPSA) is 65.0 Å². The van der Waals surface area contributed by atoms with Crippen LogP contribution in [-0.2, 0) is 10.0 Å². The predicted molar refractivity (Wildman–Crippen MR) is 129 cm³/mol. The van der Waals surface area contributed by atoms with E-state index in [1.165, 1.54) is 32.1 Å². The van der Waals surface area contributed by atoms with Gasteiger partial charge in [0, 0.05) is 61.8 Å². The van der Waals surface area contributed by atoms with Gasteiger partial charge in [0.15, 0.2) is 5.96 Å². The second-order valence-electron chi connectivity index (χ2n) is 7.32. The molecule has 0 radical (unpaired) electrons. The quantitative estimate of drug-likeness (QED) is 0.331. The molecule has 0 atom stereocenters. The van der Waals surface area contributed by atoms with E-state index in [2.05, 4.69) is 27.0 Å².